The van der Waals surface area contributed by atoms with E-state index >= 15 is 0 Å². The zero-order valence-electron chi connectivity index (χ0n) is 19.9. The van der Waals surface area contributed by atoms with Crippen LogP contribution in [0.15, 0.2) is 53.7 Å². The topological polar surface area (TPSA) is 139 Å². The van der Waals surface area contributed by atoms with Crippen molar-refractivity contribution >= 4 is 29.1 Å². The number of hydrogen-bond acceptors (Lipinski definition) is 7. The number of carbonyl (C=O) groups excluding carboxylic acids is 1. The van der Waals surface area contributed by atoms with Gasteiger partial charge in [0.15, 0.2) is 17.5 Å². The summed E-state index contributed by atoms with van der Waals surface area (Å²) < 4.78 is 45.0. The monoisotopic (exact) mass is 581 g/mol. The molecule has 5 rings (SSSR count). The van der Waals surface area contributed by atoms with Crippen molar-refractivity contribution in [3.63, 3.8) is 0 Å². The zero-order valence-corrected chi connectivity index (χ0v) is 21.5. The van der Waals surface area contributed by atoms with E-state index in [1.54, 1.807) is 12.1 Å². The first-order valence-electron chi connectivity index (χ1n) is 11.6. The molecule has 3 heterocycles. The summed E-state index contributed by atoms with van der Waals surface area (Å²) in [7, 11) is 0. The second-order valence-corrected chi connectivity index (χ2v) is 9.86. The maximum atomic E-state index is 14.0. The summed E-state index contributed by atoms with van der Waals surface area (Å²) >= 11 is 12.1. The molecule has 0 spiro atoms. The van der Waals surface area contributed by atoms with Gasteiger partial charge >= 0.3 is 11.9 Å². The zero-order chi connectivity index (χ0) is 27.9. The van der Waals surface area contributed by atoms with Crippen LogP contribution in [-0.4, -0.2) is 57.8 Å². The standard InChI is InChI=1S/C23H20Cl2F3N9O2/c24-14-5-3-13(4-6-14)18-34-36(11-17-31-12-37(33-17)19-15(25)2-1-9-30-19)21(39)35(18)10-16(23(26,27)28)32-20(38)22(29)7-8-22/h1-6,9,12,16H,7-8,10-11,29H2,(H,32,38). The smallest absolute Gasteiger partial charge is 0.341 e. The maximum Gasteiger partial charge on any atom is 0.410 e. The molecule has 0 radical (unpaired) electrons. The Morgan fingerprint density at radius 2 is 1.85 bits per heavy atom. The first-order chi connectivity index (χ1) is 18.4. The second-order valence-electron chi connectivity index (χ2n) is 9.02. The van der Waals surface area contributed by atoms with Crippen LogP contribution in [0.1, 0.15) is 18.7 Å². The van der Waals surface area contributed by atoms with Gasteiger partial charge in [0, 0.05) is 16.8 Å². The van der Waals surface area contributed by atoms with Crippen molar-refractivity contribution < 1.29 is 18.0 Å². The lowest BCUT2D eigenvalue weighted by atomic mass is 10.2. The van der Waals surface area contributed by atoms with Crippen LogP contribution in [0.4, 0.5) is 13.2 Å². The molecule has 39 heavy (non-hydrogen) atoms. The normalized spacial score (nSPS) is 15.2. The number of benzene rings is 1. The van der Waals surface area contributed by atoms with Crippen LogP contribution in [0.2, 0.25) is 10.0 Å². The van der Waals surface area contributed by atoms with E-state index in [-0.39, 0.29) is 31.0 Å². The highest BCUT2D eigenvalue weighted by atomic mass is 35.5. The van der Waals surface area contributed by atoms with E-state index in [0.717, 1.165) is 9.25 Å². The minimum absolute atomic E-state index is 0.0683. The number of carbonyl (C=O) groups is 1. The van der Waals surface area contributed by atoms with Crippen LogP contribution in [0.3, 0.4) is 0 Å². The van der Waals surface area contributed by atoms with Crippen molar-refractivity contribution in [2.75, 3.05) is 0 Å². The molecule has 1 atom stereocenters. The van der Waals surface area contributed by atoms with Crippen LogP contribution in [0.5, 0.6) is 0 Å². The molecule has 1 fully saturated rings. The van der Waals surface area contributed by atoms with Gasteiger partial charge in [-0.05, 0) is 49.2 Å². The van der Waals surface area contributed by atoms with E-state index in [9.17, 15) is 22.8 Å². The van der Waals surface area contributed by atoms with Gasteiger partial charge in [0.2, 0.25) is 5.91 Å². The van der Waals surface area contributed by atoms with Crippen LogP contribution >= 0.6 is 23.2 Å². The van der Waals surface area contributed by atoms with Gasteiger partial charge in [-0.1, -0.05) is 23.2 Å². The van der Waals surface area contributed by atoms with Crippen molar-refractivity contribution in [1.82, 2.24) is 39.4 Å². The Morgan fingerprint density at radius 1 is 1.13 bits per heavy atom. The van der Waals surface area contributed by atoms with Crippen LogP contribution in [0, 0.1) is 0 Å². The molecule has 1 amide bonds. The summed E-state index contributed by atoms with van der Waals surface area (Å²) in [5.74, 6) is -0.567. The van der Waals surface area contributed by atoms with E-state index in [2.05, 4.69) is 20.2 Å². The predicted molar refractivity (Wildman–Crippen MR) is 134 cm³/mol. The molecule has 0 aliphatic heterocycles. The lowest BCUT2D eigenvalue weighted by Crippen LogP contribution is -2.54. The van der Waals surface area contributed by atoms with E-state index in [1.807, 2.05) is 5.32 Å². The van der Waals surface area contributed by atoms with Crippen LogP contribution < -0.4 is 16.7 Å². The van der Waals surface area contributed by atoms with Gasteiger partial charge in [0.25, 0.3) is 0 Å². The maximum absolute atomic E-state index is 14.0. The highest BCUT2D eigenvalue weighted by Gasteiger charge is 2.50. The number of nitrogens with zero attached hydrogens (tertiary/aromatic N) is 7. The van der Waals surface area contributed by atoms with Crippen molar-refractivity contribution in [1.29, 1.82) is 0 Å². The minimum atomic E-state index is -4.87. The van der Waals surface area contributed by atoms with Gasteiger partial charge in [0.1, 0.15) is 18.9 Å². The quantitative estimate of drug-likeness (QED) is 0.326. The molecule has 0 saturated heterocycles. The highest BCUT2D eigenvalue weighted by Crippen LogP contribution is 2.33. The van der Waals surface area contributed by atoms with Gasteiger partial charge in [-0.3, -0.25) is 9.36 Å². The Bertz CT molecular complexity index is 1580. The molecule has 3 N–H and O–H groups in total. The summed E-state index contributed by atoms with van der Waals surface area (Å²) in [5.41, 5.74) is 3.90. The van der Waals surface area contributed by atoms with E-state index in [1.165, 1.54) is 41.5 Å². The van der Waals surface area contributed by atoms with Gasteiger partial charge < -0.3 is 11.1 Å². The van der Waals surface area contributed by atoms with Gasteiger partial charge in [0.05, 0.1) is 17.1 Å². The number of nitrogens with two attached hydrogens (primary N) is 1. The third-order valence-electron chi connectivity index (χ3n) is 6.12. The summed E-state index contributed by atoms with van der Waals surface area (Å²) in [6, 6.07) is 6.92. The third-order valence-corrected chi connectivity index (χ3v) is 6.67. The van der Waals surface area contributed by atoms with Gasteiger partial charge in [-0.25, -0.2) is 24.1 Å². The number of hydrogen-bond donors (Lipinski definition) is 2. The van der Waals surface area contributed by atoms with Gasteiger partial charge in [-0.15, -0.1) is 10.2 Å². The summed E-state index contributed by atoms with van der Waals surface area (Å²) in [6.07, 6.45) is -1.47. The SMILES string of the molecule is NC1(C(=O)NC(Cn2c(-c3ccc(Cl)cc3)nn(Cc3ncn(-c4ncccc4Cl)n3)c2=O)C(F)(F)F)CC1. The molecule has 1 aliphatic carbocycles. The molecular formula is C23H20Cl2F3N9O2. The summed E-state index contributed by atoms with van der Waals surface area (Å²) in [5, 5.41) is 11.2. The Kier molecular flexibility index (Phi) is 6.95. The van der Waals surface area contributed by atoms with Crippen LogP contribution in [-0.2, 0) is 17.9 Å². The fraction of sp³-hybridized carbons (Fsp3) is 0.304. The number of pyridine rings is 1. The molecule has 1 aliphatic rings. The fourth-order valence-corrected chi connectivity index (χ4v) is 4.08. The Morgan fingerprint density at radius 3 is 2.49 bits per heavy atom. The van der Waals surface area contributed by atoms with E-state index in [0.29, 0.717) is 21.4 Å². The number of amides is 1. The molecule has 1 saturated carbocycles. The Balaban J connectivity index is 1.50. The van der Waals surface area contributed by atoms with Crippen molar-refractivity contribution in [2.24, 2.45) is 5.73 Å². The van der Waals surface area contributed by atoms with E-state index < -0.39 is 35.9 Å². The largest absolute Gasteiger partial charge is 0.410 e. The Labute approximate surface area is 228 Å². The molecule has 3 aromatic heterocycles. The van der Waals surface area contributed by atoms with Crippen molar-refractivity contribution in [3.05, 3.63) is 75.3 Å². The molecule has 4 aromatic rings. The lowest BCUT2D eigenvalue weighted by molar-refractivity contribution is -0.165. The third kappa shape index (κ3) is 5.67. The number of aromatic nitrogens is 7. The van der Waals surface area contributed by atoms with Gasteiger partial charge in [-0.2, -0.15) is 13.2 Å². The average Bonchev–Trinajstić information content (AvgIpc) is 3.35. The summed E-state index contributed by atoms with van der Waals surface area (Å²) in [4.78, 5) is 34.0. The Hall–Kier alpha value is -3.75. The first-order valence-corrected chi connectivity index (χ1v) is 12.3. The average molecular weight is 582 g/mol. The minimum Gasteiger partial charge on any atom is -0.341 e. The van der Waals surface area contributed by atoms with E-state index in [4.69, 9.17) is 28.9 Å². The first kappa shape index (κ1) is 26.8. The van der Waals surface area contributed by atoms with Crippen molar-refractivity contribution in [3.8, 4) is 17.2 Å². The molecule has 1 unspecified atom stereocenters. The lowest BCUT2D eigenvalue weighted by Gasteiger charge is -2.23. The molecule has 0 bridgehead atoms. The highest BCUT2D eigenvalue weighted by molar-refractivity contribution is 6.32. The number of halogens is 5. The summed E-state index contributed by atoms with van der Waals surface area (Å²) in [6.45, 7) is -1.20. The molecular weight excluding hydrogens is 562 g/mol. The molecule has 1 aromatic carbocycles. The second kappa shape index (κ2) is 10.1. The predicted octanol–water partition coefficient (Wildman–Crippen LogP) is 2.58. The molecule has 204 valence electrons. The number of alkyl halides is 3. The number of rotatable bonds is 8. The fourth-order valence-electron chi connectivity index (χ4n) is 3.75. The number of nitrogens with one attached hydrogen (secondary N) is 1. The van der Waals surface area contributed by atoms with Crippen LogP contribution in [0.25, 0.3) is 17.2 Å². The van der Waals surface area contributed by atoms with Crippen molar-refractivity contribution in [2.45, 2.75) is 43.7 Å². The molecule has 11 nitrogen and oxygen atoms in total. The molecule has 16 heteroatoms.